The van der Waals surface area contributed by atoms with Crippen molar-refractivity contribution in [2.24, 2.45) is 0 Å². The van der Waals surface area contributed by atoms with E-state index in [-0.39, 0.29) is 43.1 Å². The third-order valence-electron chi connectivity index (χ3n) is 5.83. The van der Waals surface area contributed by atoms with Crippen LogP contribution in [-0.4, -0.2) is 51.6 Å². The molecule has 4 amide bonds. The molecule has 0 spiro atoms. The zero-order chi connectivity index (χ0) is 25.8. The molecule has 186 valence electrons. The molecule has 1 aliphatic heterocycles. The molecule has 0 bridgehead atoms. The van der Waals surface area contributed by atoms with Crippen molar-refractivity contribution in [3.05, 3.63) is 70.2 Å². The van der Waals surface area contributed by atoms with Crippen LogP contribution in [0.1, 0.15) is 73.2 Å². The summed E-state index contributed by atoms with van der Waals surface area (Å²) in [5, 5.41) is 3.48. The van der Waals surface area contributed by atoms with E-state index >= 15 is 0 Å². The maximum absolute atomic E-state index is 13.4. The summed E-state index contributed by atoms with van der Waals surface area (Å²) in [7, 11) is 0. The molecule has 0 saturated carbocycles. The Kier molecular flexibility index (Phi) is 8.33. The molecule has 35 heavy (non-hydrogen) atoms. The lowest BCUT2D eigenvalue weighted by Crippen LogP contribution is -2.53. The lowest BCUT2D eigenvalue weighted by molar-refractivity contribution is -0.142. The summed E-state index contributed by atoms with van der Waals surface area (Å²) in [4.78, 5) is 54.4. The molecule has 1 heterocycles. The molecule has 2 aromatic rings. The van der Waals surface area contributed by atoms with Gasteiger partial charge in [-0.15, -0.1) is 0 Å². The van der Waals surface area contributed by atoms with Crippen molar-refractivity contribution in [1.29, 1.82) is 0 Å². The standard InChI is InChI=1S/C27H32ClN3O4/c1-5-22(24(33)29-27(2,3)4)31(17-18-11-6-9-14-21(18)28)23(32)15-10-16-30-25(34)19-12-7-8-13-20(19)26(30)35/h6-9,11-14,22H,5,10,15-17H2,1-4H3,(H,29,33)/t22-/m1/s1. The highest BCUT2D eigenvalue weighted by molar-refractivity contribution is 6.31. The molecule has 7 nitrogen and oxygen atoms in total. The number of rotatable bonds is 9. The van der Waals surface area contributed by atoms with E-state index in [4.69, 9.17) is 11.6 Å². The fourth-order valence-electron chi connectivity index (χ4n) is 4.16. The van der Waals surface area contributed by atoms with E-state index < -0.39 is 11.6 Å². The van der Waals surface area contributed by atoms with Gasteiger partial charge in [0, 0.05) is 30.1 Å². The van der Waals surface area contributed by atoms with Gasteiger partial charge in [0.2, 0.25) is 11.8 Å². The molecule has 0 fully saturated rings. The molecule has 1 aliphatic rings. The average Bonchev–Trinajstić information content (AvgIpc) is 3.04. The number of imide groups is 1. The van der Waals surface area contributed by atoms with Crippen LogP contribution in [-0.2, 0) is 16.1 Å². The van der Waals surface area contributed by atoms with Crippen molar-refractivity contribution in [1.82, 2.24) is 15.1 Å². The summed E-state index contributed by atoms with van der Waals surface area (Å²) in [6.45, 7) is 7.84. The first kappa shape index (κ1) is 26.4. The van der Waals surface area contributed by atoms with Gasteiger partial charge in [-0.3, -0.25) is 24.1 Å². The van der Waals surface area contributed by atoms with Crippen molar-refractivity contribution >= 4 is 35.2 Å². The summed E-state index contributed by atoms with van der Waals surface area (Å²) >= 11 is 6.35. The number of nitrogens with zero attached hydrogens (tertiary/aromatic N) is 2. The zero-order valence-corrected chi connectivity index (χ0v) is 21.4. The number of carbonyl (C=O) groups excluding carboxylic acids is 4. The second-order valence-electron chi connectivity index (χ2n) is 9.69. The predicted octanol–water partition coefficient (Wildman–Crippen LogP) is 4.44. The van der Waals surface area contributed by atoms with E-state index in [0.717, 1.165) is 5.56 Å². The molecule has 0 aliphatic carbocycles. The number of hydrogen-bond donors (Lipinski definition) is 1. The van der Waals surface area contributed by atoms with E-state index in [2.05, 4.69) is 5.32 Å². The van der Waals surface area contributed by atoms with Gasteiger partial charge in [-0.1, -0.05) is 48.9 Å². The molecule has 0 aromatic heterocycles. The van der Waals surface area contributed by atoms with Crippen LogP contribution >= 0.6 is 11.6 Å². The van der Waals surface area contributed by atoms with Crippen LogP contribution in [0.25, 0.3) is 0 Å². The highest BCUT2D eigenvalue weighted by atomic mass is 35.5. The maximum Gasteiger partial charge on any atom is 0.261 e. The Hall–Kier alpha value is -3.19. The zero-order valence-electron chi connectivity index (χ0n) is 20.6. The first-order valence-corrected chi connectivity index (χ1v) is 12.2. The minimum atomic E-state index is -0.683. The molecule has 8 heteroatoms. The number of hydrogen-bond acceptors (Lipinski definition) is 4. The Morgan fingerprint density at radius 3 is 2.11 bits per heavy atom. The summed E-state index contributed by atoms with van der Waals surface area (Å²) in [6.07, 6.45) is 0.800. The van der Waals surface area contributed by atoms with Crippen molar-refractivity contribution in [2.75, 3.05) is 6.54 Å². The number of halogens is 1. The summed E-state index contributed by atoms with van der Waals surface area (Å²) in [5.41, 5.74) is 1.06. The third-order valence-corrected chi connectivity index (χ3v) is 6.20. The molecular weight excluding hydrogens is 466 g/mol. The van der Waals surface area contributed by atoms with Gasteiger partial charge < -0.3 is 10.2 Å². The number of benzene rings is 2. The molecule has 0 saturated heterocycles. The number of fused-ring (bicyclic) bond motifs is 1. The smallest absolute Gasteiger partial charge is 0.261 e. The van der Waals surface area contributed by atoms with Crippen molar-refractivity contribution < 1.29 is 19.2 Å². The van der Waals surface area contributed by atoms with Gasteiger partial charge in [-0.2, -0.15) is 0 Å². The fourth-order valence-corrected chi connectivity index (χ4v) is 4.35. The van der Waals surface area contributed by atoms with Gasteiger partial charge in [0.1, 0.15) is 6.04 Å². The average molecular weight is 498 g/mol. The molecule has 0 radical (unpaired) electrons. The van der Waals surface area contributed by atoms with Crippen LogP contribution in [0.2, 0.25) is 5.02 Å². The van der Waals surface area contributed by atoms with Crippen LogP contribution in [0.15, 0.2) is 48.5 Å². The topological polar surface area (TPSA) is 86.8 Å². The second kappa shape index (κ2) is 11.0. The van der Waals surface area contributed by atoms with Crippen LogP contribution in [0.5, 0.6) is 0 Å². The van der Waals surface area contributed by atoms with Gasteiger partial charge in [-0.25, -0.2) is 0 Å². The van der Waals surface area contributed by atoms with Gasteiger partial charge in [0.05, 0.1) is 11.1 Å². The van der Waals surface area contributed by atoms with Gasteiger partial charge in [-0.05, 0) is 57.4 Å². The highest BCUT2D eigenvalue weighted by Gasteiger charge is 2.35. The van der Waals surface area contributed by atoms with Crippen molar-refractivity contribution in [3.8, 4) is 0 Å². The van der Waals surface area contributed by atoms with E-state index in [1.165, 1.54) is 4.90 Å². The Labute approximate surface area is 211 Å². The largest absolute Gasteiger partial charge is 0.350 e. The van der Waals surface area contributed by atoms with Gasteiger partial charge in [0.25, 0.3) is 11.8 Å². The highest BCUT2D eigenvalue weighted by Crippen LogP contribution is 2.24. The summed E-state index contributed by atoms with van der Waals surface area (Å²) < 4.78 is 0. The van der Waals surface area contributed by atoms with E-state index in [1.807, 2.05) is 45.9 Å². The first-order valence-electron chi connectivity index (χ1n) is 11.8. The number of amides is 4. The molecule has 1 atom stereocenters. The minimum absolute atomic E-state index is 0.0805. The first-order chi connectivity index (χ1) is 16.5. The Morgan fingerprint density at radius 1 is 1.00 bits per heavy atom. The minimum Gasteiger partial charge on any atom is -0.350 e. The Morgan fingerprint density at radius 2 is 1.57 bits per heavy atom. The molecule has 2 aromatic carbocycles. The molecule has 1 N–H and O–H groups in total. The molecule has 0 unspecified atom stereocenters. The summed E-state index contributed by atoms with van der Waals surface area (Å²) in [6, 6.07) is 13.2. The van der Waals surface area contributed by atoms with Gasteiger partial charge >= 0.3 is 0 Å². The Bertz CT molecular complexity index is 1090. The van der Waals surface area contributed by atoms with Crippen LogP contribution < -0.4 is 5.32 Å². The number of carbonyl (C=O) groups is 4. The molecule has 3 rings (SSSR count). The summed E-state index contributed by atoms with van der Waals surface area (Å²) in [5.74, 6) is -1.16. The van der Waals surface area contributed by atoms with E-state index in [1.54, 1.807) is 35.2 Å². The quantitative estimate of drug-likeness (QED) is 0.519. The third kappa shape index (κ3) is 6.28. The number of nitrogens with one attached hydrogen (secondary N) is 1. The SMILES string of the molecule is CC[C@H](C(=O)NC(C)(C)C)N(Cc1ccccc1Cl)C(=O)CCCN1C(=O)c2ccccc2C1=O. The van der Waals surface area contributed by atoms with E-state index in [0.29, 0.717) is 29.0 Å². The maximum atomic E-state index is 13.4. The predicted molar refractivity (Wildman–Crippen MR) is 135 cm³/mol. The van der Waals surface area contributed by atoms with Crippen LogP contribution in [0.4, 0.5) is 0 Å². The molecular formula is C27H32ClN3O4. The monoisotopic (exact) mass is 497 g/mol. The van der Waals surface area contributed by atoms with E-state index in [9.17, 15) is 19.2 Å². The van der Waals surface area contributed by atoms with Gasteiger partial charge in [0.15, 0.2) is 0 Å². The lowest BCUT2D eigenvalue weighted by atomic mass is 10.0. The Balaban J connectivity index is 1.74. The van der Waals surface area contributed by atoms with Crippen molar-refractivity contribution in [3.63, 3.8) is 0 Å². The van der Waals surface area contributed by atoms with Crippen LogP contribution in [0.3, 0.4) is 0 Å². The van der Waals surface area contributed by atoms with Crippen LogP contribution in [0, 0.1) is 0 Å². The lowest BCUT2D eigenvalue weighted by Gasteiger charge is -2.33. The normalized spacial score (nSPS) is 14.0. The fraction of sp³-hybridized carbons (Fsp3) is 0.407. The van der Waals surface area contributed by atoms with Crippen molar-refractivity contribution in [2.45, 2.75) is 65.1 Å². The second-order valence-corrected chi connectivity index (χ2v) is 10.1.